The molecule has 2 aromatic rings. The molecular weight excluding hydrogens is 242 g/mol. The van der Waals surface area contributed by atoms with Gasteiger partial charge >= 0.3 is 0 Å². The molecule has 1 amide bonds. The first-order valence-electron chi connectivity index (χ1n) is 5.71. The topological polar surface area (TPSA) is 67.5 Å². The van der Waals surface area contributed by atoms with Gasteiger partial charge in [-0.25, -0.2) is 5.43 Å². The average molecular weight is 255 g/mol. The quantitative estimate of drug-likeness (QED) is 0.674. The average Bonchev–Trinajstić information content (AvgIpc) is 2.92. The van der Waals surface area contributed by atoms with E-state index < -0.39 is 0 Å². The van der Waals surface area contributed by atoms with E-state index in [4.69, 9.17) is 4.42 Å². The lowest BCUT2D eigenvalue weighted by molar-refractivity contribution is 0.0955. The van der Waals surface area contributed by atoms with Gasteiger partial charge in [0.05, 0.1) is 18.0 Å². The second-order valence-corrected chi connectivity index (χ2v) is 3.84. The molecule has 0 aliphatic carbocycles. The monoisotopic (exact) mass is 255 g/mol. The number of rotatable bonds is 4. The molecule has 0 fully saturated rings. The molecule has 96 valence electrons. The standard InChI is InChI=1S/C14H13N3O2/c1-11(8-13-5-3-7-19-13)9-16-17-14(18)12-4-2-6-15-10-12/h2-10H,1H3,(H,17,18)/b11-8-,16-9-. The van der Waals surface area contributed by atoms with Crippen LogP contribution in [0.1, 0.15) is 23.0 Å². The van der Waals surface area contributed by atoms with E-state index in [9.17, 15) is 4.79 Å². The minimum absolute atomic E-state index is 0.296. The van der Waals surface area contributed by atoms with Crippen molar-refractivity contribution >= 4 is 18.2 Å². The summed E-state index contributed by atoms with van der Waals surface area (Å²) in [5.74, 6) is 0.442. The van der Waals surface area contributed by atoms with Crippen LogP contribution in [0.5, 0.6) is 0 Å². The van der Waals surface area contributed by atoms with E-state index in [1.807, 2.05) is 19.1 Å². The summed E-state index contributed by atoms with van der Waals surface area (Å²) in [6, 6.07) is 7.01. The van der Waals surface area contributed by atoms with E-state index in [1.54, 1.807) is 36.9 Å². The SMILES string of the molecule is CC(/C=N\NC(=O)c1cccnc1)=C/c1ccco1. The van der Waals surface area contributed by atoms with Gasteiger partial charge in [-0.2, -0.15) is 5.10 Å². The minimum atomic E-state index is -0.296. The number of hydrazone groups is 1. The molecule has 5 heteroatoms. The fourth-order valence-electron chi connectivity index (χ4n) is 1.39. The highest BCUT2D eigenvalue weighted by atomic mass is 16.3. The Morgan fingerprint density at radius 2 is 2.32 bits per heavy atom. The van der Waals surface area contributed by atoms with Crippen molar-refractivity contribution in [3.63, 3.8) is 0 Å². The third-order valence-electron chi connectivity index (χ3n) is 2.27. The first-order valence-corrected chi connectivity index (χ1v) is 5.71. The van der Waals surface area contributed by atoms with Crippen molar-refractivity contribution in [1.82, 2.24) is 10.4 Å². The molecule has 2 rings (SSSR count). The largest absolute Gasteiger partial charge is 0.465 e. The number of nitrogens with zero attached hydrogens (tertiary/aromatic N) is 2. The molecule has 2 heterocycles. The molecule has 1 N–H and O–H groups in total. The molecule has 0 aliphatic heterocycles. The molecule has 5 nitrogen and oxygen atoms in total. The van der Waals surface area contributed by atoms with Gasteiger partial charge in [0.15, 0.2) is 0 Å². The number of hydrogen-bond donors (Lipinski definition) is 1. The number of furan rings is 1. The number of carbonyl (C=O) groups excluding carboxylic acids is 1. The van der Waals surface area contributed by atoms with Gasteiger partial charge in [-0.3, -0.25) is 9.78 Å². The van der Waals surface area contributed by atoms with E-state index in [2.05, 4.69) is 15.5 Å². The molecular formula is C14H13N3O2. The summed E-state index contributed by atoms with van der Waals surface area (Å²) in [5, 5.41) is 3.87. The summed E-state index contributed by atoms with van der Waals surface area (Å²) >= 11 is 0. The van der Waals surface area contributed by atoms with Gasteiger partial charge < -0.3 is 4.42 Å². The van der Waals surface area contributed by atoms with E-state index in [-0.39, 0.29) is 5.91 Å². The Morgan fingerprint density at radius 1 is 1.42 bits per heavy atom. The van der Waals surface area contributed by atoms with Gasteiger partial charge in [0.1, 0.15) is 5.76 Å². The van der Waals surface area contributed by atoms with Crippen LogP contribution in [-0.4, -0.2) is 17.1 Å². The van der Waals surface area contributed by atoms with Crippen molar-refractivity contribution in [2.45, 2.75) is 6.92 Å². The van der Waals surface area contributed by atoms with Crippen LogP contribution >= 0.6 is 0 Å². The highest BCUT2D eigenvalue weighted by Gasteiger charge is 2.02. The van der Waals surface area contributed by atoms with Gasteiger partial charge in [-0.1, -0.05) is 0 Å². The van der Waals surface area contributed by atoms with Crippen molar-refractivity contribution in [2.24, 2.45) is 5.10 Å². The maximum absolute atomic E-state index is 11.6. The lowest BCUT2D eigenvalue weighted by atomic mass is 10.3. The number of hydrogen-bond acceptors (Lipinski definition) is 4. The molecule has 0 atom stereocenters. The number of allylic oxidation sites excluding steroid dienone is 1. The van der Waals surface area contributed by atoms with Gasteiger partial charge in [-0.15, -0.1) is 0 Å². The predicted molar refractivity (Wildman–Crippen MR) is 72.6 cm³/mol. The molecule has 0 aromatic carbocycles. The maximum Gasteiger partial charge on any atom is 0.272 e. The third-order valence-corrected chi connectivity index (χ3v) is 2.27. The zero-order valence-electron chi connectivity index (χ0n) is 10.4. The normalized spacial score (nSPS) is 11.7. The highest BCUT2D eigenvalue weighted by molar-refractivity contribution is 5.94. The van der Waals surface area contributed by atoms with Crippen LogP contribution in [-0.2, 0) is 0 Å². The summed E-state index contributed by atoms with van der Waals surface area (Å²) in [6.45, 7) is 1.86. The first-order chi connectivity index (χ1) is 9.25. The molecule has 0 saturated heterocycles. The number of pyridine rings is 1. The minimum Gasteiger partial charge on any atom is -0.465 e. The predicted octanol–water partition coefficient (Wildman–Crippen LogP) is 2.49. The van der Waals surface area contributed by atoms with E-state index in [0.717, 1.165) is 11.3 Å². The summed E-state index contributed by atoms with van der Waals surface area (Å²) < 4.78 is 5.17. The Labute approximate surface area is 110 Å². The second-order valence-electron chi connectivity index (χ2n) is 3.84. The van der Waals surface area contributed by atoms with Crippen LogP contribution < -0.4 is 5.43 Å². The Morgan fingerprint density at radius 3 is 3.00 bits per heavy atom. The Balaban J connectivity index is 1.92. The van der Waals surface area contributed by atoms with Gasteiger partial charge in [0.2, 0.25) is 0 Å². The number of aromatic nitrogens is 1. The number of nitrogens with one attached hydrogen (secondary N) is 1. The van der Waals surface area contributed by atoms with Crippen LogP contribution in [0.15, 0.2) is 58.0 Å². The summed E-state index contributed by atoms with van der Waals surface area (Å²) in [6.07, 6.45) is 8.06. The molecule has 0 saturated carbocycles. The van der Waals surface area contributed by atoms with Gasteiger partial charge in [0.25, 0.3) is 5.91 Å². The molecule has 0 radical (unpaired) electrons. The number of amides is 1. The Bertz CT molecular complexity index is 586. The fourth-order valence-corrected chi connectivity index (χ4v) is 1.39. The smallest absolute Gasteiger partial charge is 0.272 e. The van der Waals surface area contributed by atoms with Gasteiger partial charge in [-0.05, 0) is 42.8 Å². The molecule has 0 spiro atoms. The van der Waals surface area contributed by atoms with Crippen molar-refractivity contribution in [3.8, 4) is 0 Å². The number of carbonyl (C=O) groups is 1. The van der Waals surface area contributed by atoms with Crippen molar-refractivity contribution in [2.75, 3.05) is 0 Å². The first kappa shape index (κ1) is 12.8. The van der Waals surface area contributed by atoms with Crippen LogP contribution in [0.3, 0.4) is 0 Å². The van der Waals surface area contributed by atoms with Crippen molar-refractivity contribution < 1.29 is 9.21 Å². The second kappa shape index (κ2) is 6.30. The van der Waals surface area contributed by atoms with E-state index in [0.29, 0.717) is 5.56 Å². The van der Waals surface area contributed by atoms with Crippen LogP contribution in [0.2, 0.25) is 0 Å². The summed E-state index contributed by atoms with van der Waals surface area (Å²) in [7, 11) is 0. The summed E-state index contributed by atoms with van der Waals surface area (Å²) in [4.78, 5) is 15.5. The molecule has 2 aromatic heterocycles. The van der Waals surface area contributed by atoms with E-state index >= 15 is 0 Å². The third kappa shape index (κ3) is 3.92. The van der Waals surface area contributed by atoms with Crippen molar-refractivity contribution in [3.05, 3.63) is 59.8 Å². The Hall–Kier alpha value is -2.69. The molecule has 0 aliphatic rings. The van der Waals surface area contributed by atoms with Crippen LogP contribution in [0.4, 0.5) is 0 Å². The zero-order chi connectivity index (χ0) is 13.5. The van der Waals surface area contributed by atoms with Crippen LogP contribution in [0.25, 0.3) is 6.08 Å². The molecule has 19 heavy (non-hydrogen) atoms. The summed E-state index contributed by atoms with van der Waals surface area (Å²) in [5.41, 5.74) is 3.76. The molecule has 0 bridgehead atoms. The van der Waals surface area contributed by atoms with E-state index in [1.165, 1.54) is 6.20 Å². The molecule has 0 unspecified atom stereocenters. The van der Waals surface area contributed by atoms with Crippen LogP contribution in [0, 0.1) is 0 Å². The van der Waals surface area contributed by atoms with Crippen molar-refractivity contribution in [1.29, 1.82) is 0 Å². The fraction of sp³-hybridized carbons (Fsp3) is 0.0714. The Kier molecular flexibility index (Phi) is 4.23. The zero-order valence-corrected chi connectivity index (χ0v) is 10.4. The maximum atomic E-state index is 11.6. The van der Waals surface area contributed by atoms with Gasteiger partial charge in [0, 0.05) is 12.4 Å². The lowest BCUT2D eigenvalue weighted by Crippen LogP contribution is -2.17. The lowest BCUT2D eigenvalue weighted by Gasteiger charge is -1.98. The highest BCUT2D eigenvalue weighted by Crippen LogP contribution is 2.05.